The first kappa shape index (κ1) is 22.1. The molecular weight excluding hydrogens is 457 g/mol. The van der Waals surface area contributed by atoms with Gasteiger partial charge in [-0.05, 0) is 31.9 Å². The van der Waals surface area contributed by atoms with E-state index in [0.29, 0.717) is 19.0 Å². The normalized spacial score (nSPS) is 20.8. The number of hydrogen-bond acceptors (Lipinski definition) is 5. The molecule has 1 aliphatic rings. The highest BCUT2D eigenvalue weighted by molar-refractivity contribution is 14.0. The van der Waals surface area contributed by atoms with Gasteiger partial charge in [-0.25, -0.2) is 13.1 Å². The van der Waals surface area contributed by atoms with Crippen LogP contribution in [0.1, 0.15) is 19.8 Å². The number of aromatic nitrogens is 1. The van der Waals surface area contributed by atoms with Crippen molar-refractivity contribution in [2.24, 2.45) is 4.99 Å². The molecule has 1 fully saturated rings. The van der Waals surface area contributed by atoms with E-state index < -0.39 is 10.0 Å². The van der Waals surface area contributed by atoms with Crippen LogP contribution in [0.3, 0.4) is 0 Å². The summed E-state index contributed by atoms with van der Waals surface area (Å²) in [5, 5.41) is 6.28. The molecule has 0 saturated carbocycles. The van der Waals surface area contributed by atoms with Crippen LogP contribution in [0.5, 0.6) is 0 Å². The molecule has 3 N–H and O–H groups in total. The fourth-order valence-corrected chi connectivity index (χ4v) is 3.42. The van der Waals surface area contributed by atoms with E-state index in [4.69, 9.17) is 4.74 Å². The first-order valence-electron chi connectivity index (χ1n) is 7.93. The zero-order valence-electron chi connectivity index (χ0n) is 14.5. The molecule has 0 aliphatic carbocycles. The Hall–Kier alpha value is -0.980. The second-order valence-electron chi connectivity index (χ2n) is 5.84. The summed E-state index contributed by atoms with van der Waals surface area (Å²) in [5.74, 6) is 0.618. The van der Waals surface area contributed by atoms with Crippen molar-refractivity contribution in [2.45, 2.75) is 30.3 Å². The van der Waals surface area contributed by atoms with Crippen LogP contribution in [0.4, 0.5) is 0 Å². The largest absolute Gasteiger partial charge is 0.373 e. The monoisotopic (exact) mass is 483 g/mol. The Balaban J connectivity index is 0.00000312. The van der Waals surface area contributed by atoms with Gasteiger partial charge in [-0.15, -0.1) is 24.0 Å². The molecule has 25 heavy (non-hydrogen) atoms. The average Bonchev–Trinajstić information content (AvgIpc) is 3.02. The number of nitrogens with zero attached hydrogens (tertiary/aromatic N) is 2. The Bertz CT molecular complexity index is 648. The van der Waals surface area contributed by atoms with Gasteiger partial charge < -0.3 is 15.4 Å². The van der Waals surface area contributed by atoms with Gasteiger partial charge in [0.2, 0.25) is 10.0 Å². The predicted octanol–water partition coefficient (Wildman–Crippen LogP) is 0.712. The van der Waals surface area contributed by atoms with Gasteiger partial charge in [-0.1, -0.05) is 0 Å². The molecule has 0 aromatic carbocycles. The third-order valence-electron chi connectivity index (χ3n) is 3.81. The molecule has 0 radical (unpaired) electrons. The summed E-state index contributed by atoms with van der Waals surface area (Å²) in [4.78, 5) is 8.09. The number of guanidine groups is 1. The highest BCUT2D eigenvalue weighted by Crippen LogP contribution is 2.23. The van der Waals surface area contributed by atoms with E-state index in [1.165, 1.54) is 18.5 Å². The maximum absolute atomic E-state index is 12.0. The molecule has 1 aromatic rings. The van der Waals surface area contributed by atoms with Crippen molar-refractivity contribution >= 4 is 40.0 Å². The molecule has 1 aromatic heterocycles. The maximum atomic E-state index is 12.0. The van der Waals surface area contributed by atoms with E-state index in [-0.39, 0.29) is 41.0 Å². The molecule has 0 spiro atoms. The van der Waals surface area contributed by atoms with E-state index in [2.05, 4.69) is 32.3 Å². The number of sulfonamides is 1. The average molecular weight is 483 g/mol. The maximum Gasteiger partial charge on any atom is 0.242 e. The minimum Gasteiger partial charge on any atom is -0.373 e. The fourth-order valence-electron chi connectivity index (χ4n) is 2.42. The van der Waals surface area contributed by atoms with Gasteiger partial charge in [0.1, 0.15) is 4.90 Å². The summed E-state index contributed by atoms with van der Waals surface area (Å²) >= 11 is 0. The lowest BCUT2D eigenvalue weighted by molar-refractivity contribution is 0.0243. The van der Waals surface area contributed by atoms with Crippen molar-refractivity contribution in [2.75, 3.05) is 33.3 Å². The molecule has 10 heteroatoms. The molecule has 1 atom stereocenters. The van der Waals surface area contributed by atoms with Gasteiger partial charge in [-0.3, -0.25) is 9.98 Å². The highest BCUT2D eigenvalue weighted by Gasteiger charge is 2.29. The summed E-state index contributed by atoms with van der Waals surface area (Å²) in [6.45, 7) is 4.18. The fraction of sp³-hybridized carbons (Fsp3) is 0.600. The number of aliphatic imine (C=N–C) groups is 1. The van der Waals surface area contributed by atoms with Crippen molar-refractivity contribution in [1.82, 2.24) is 20.3 Å². The van der Waals surface area contributed by atoms with E-state index >= 15 is 0 Å². The van der Waals surface area contributed by atoms with E-state index in [1.54, 1.807) is 13.1 Å². The van der Waals surface area contributed by atoms with Crippen molar-refractivity contribution in [3.05, 3.63) is 24.5 Å². The number of ether oxygens (including phenoxy) is 1. The molecule has 142 valence electrons. The number of nitrogens with one attached hydrogen (secondary N) is 3. The first-order valence-corrected chi connectivity index (χ1v) is 9.42. The summed E-state index contributed by atoms with van der Waals surface area (Å²) in [6.07, 6.45) is 4.94. The second-order valence-corrected chi connectivity index (χ2v) is 7.61. The Morgan fingerprint density at radius 3 is 2.80 bits per heavy atom. The lowest BCUT2D eigenvalue weighted by Crippen LogP contribution is -2.47. The Labute approximate surface area is 166 Å². The van der Waals surface area contributed by atoms with Crippen LogP contribution >= 0.6 is 24.0 Å². The SMILES string of the molecule is CN=C(NCCNS(=O)(=O)c1cccnc1)NCC1(C)CCCO1.I. The molecule has 1 saturated heterocycles. The van der Waals surface area contributed by atoms with Gasteiger partial charge in [-0.2, -0.15) is 0 Å². The molecule has 2 rings (SSSR count). The van der Waals surface area contributed by atoms with Crippen LogP contribution in [0.15, 0.2) is 34.4 Å². The lowest BCUT2D eigenvalue weighted by atomic mass is 10.0. The van der Waals surface area contributed by atoms with E-state index in [1.807, 2.05) is 0 Å². The third-order valence-corrected chi connectivity index (χ3v) is 5.25. The molecule has 0 bridgehead atoms. The molecule has 2 heterocycles. The smallest absolute Gasteiger partial charge is 0.242 e. The van der Waals surface area contributed by atoms with Crippen LogP contribution in [-0.4, -0.2) is 58.3 Å². The third kappa shape index (κ3) is 7.04. The van der Waals surface area contributed by atoms with Crippen molar-refractivity contribution in [3.63, 3.8) is 0 Å². The predicted molar refractivity (Wildman–Crippen MR) is 108 cm³/mol. The molecule has 1 unspecified atom stereocenters. The summed E-state index contributed by atoms with van der Waals surface area (Å²) < 4.78 is 32.3. The molecule has 1 aliphatic heterocycles. The quantitative estimate of drug-likeness (QED) is 0.229. The summed E-state index contributed by atoms with van der Waals surface area (Å²) in [5.41, 5.74) is -0.167. The molecular formula is C15H26IN5O3S. The van der Waals surface area contributed by atoms with Crippen LogP contribution < -0.4 is 15.4 Å². The minimum absolute atomic E-state index is 0. The summed E-state index contributed by atoms with van der Waals surface area (Å²) in [6, 6.07) is 3.09. The van der Waals surface area contributed by atoms with Crippen LogP contribution in [0.25, 0.3) is 0 Å². The first-order chi connectivity index (χ1) is 11.5. The Morgan fingerprint density at radius 2 is 2.20 bits per heavy atom. The lowest BCUT2D eigenvalue weighted by Gasteiger charge is -2.24. The van der Waals surface area contributed by atoms with Crippen molar-refractivity contribution in [3.8, 4) is 0 Å². The number of hydrogen-bond donors (Lipinski definition) is 3. The van der Waals surface area contributed by atoms with E-state index in [9.17, 15) is 8.42 Å². The van der Waals surface area contributed by atoms with Gasteiger partial charge in [0.15, 0.2) is 5.96 Å². The topological polar surface area (TPSA) is 105 Å². The number of halogens is 1. The molecule has 8 nitrogen and oxygen atoms in total. The second kappa shape index (κ2) is 10.2. The van der Waals surface area contributed by atoms with Gasteiger partial charge in [0, 0.05) is 45.7 Å². The zero-order valence-corrected chi connectivity index (χ0v) is 17.6. The minimum atomic E-state index is -3.53. The number of rotatable bonds is 7. The zero-order chi connectivity index (χ0) is 17.5. The van der Waals surface area contributed by atoms with Gasteiger partial charge in [0.25, 0.3) is 0 Å². The van der Waals surface area contributed by atoms with Gasteiger partial charge in [0.05, 0.1) is 5.60 Å². The number of pyridine rings is 1. The standard InChI is InChI=1S/C15H25N5O3S.HI/c1-15(6-4-10-23-15)12-19-14(16-2)18-8-9-20-24(21,22)13-5-3-7-17-11-13;/h3,5,7,11,20H,4,6,8-10,12H2,1-2H3,(H2,16,18,19);1H. The van der Waals surface area contributed by atoms with Crippen LogP contribution in [0.2, 0.25) is 0 Å². The Kier molecular flexibility index (Phi) is 9.03. The highest BCUT2D eigenvalue weighted by atomic mass is 127. The van der Waals surface area contributed by atoms with Crippen LogP contribution in [-0.2, 0) is 14.8 Å². The van der Waals surface area contributed by atoms with Crippen molar-refractivity contribution < 1.29 is 13.2 Å². The Morgan fingerprint density at radius 1 is 1.40 bits per heavy atom. The van der Waals surface area contributed by atoms with E-state index in [0.717, 1.165) is 19.4 Å². The van der Waals surface area contributed by atoms with Crippen LogP contribution in [0, 0.1) is 0 Å². The van der Waals surface area contributed by atoms with Gasteiger partial charge >= 0.3 is 0 Å². The van der Waals surface area contributed by atoms with Crippen molar-refractivity contribution in [1.29, 1.82) is 0 Å². The molecule has 0 amide bonds. The summed E-state index contributed by atoms with van der Waals surface area (Å²) in [7, 11) is -1.86.